The van der Waals surface area contributed by atoms with Gasteiger partial charge in [0, 0.05) is 36.0 Å². The fourth-order valence-corrected chi connectivity index (χ4v) is 2.58. The molecule has 0 spiro atoms. The molecule has 0 aliphatic heterocycles. The number of hydrogen-bond donors (Lipinski definition) is 1. The summed E-state index contributed by atoms with van der Waals surface area (Å²) in [6, 6.07) is 3.86. The van der Waals surface area contributed by atoms with Crippen LogP contribution in [0.15, 0.2) is 18.2 Å². The van der Waals surface area contributed by atoms with E-state index in [4.69, 9.17) is 17.3 Å². The van der Waals surface area contributed by atoms with Crippen molar-refractivity contribution >= 4 is 21.4 Å². The summed E-state index contributed by atoms with van der Waals surface area (Å²) < 4.78 is 36.1. The maximum Gasteiger partial charge on any atom is 0.148 e. The summed E-state index contributed by atoms with van der Waals surface area (Å²) in [5.41, 5.74) is 6.04. The normalized spacial score (nSPS) is 13.8. The van der Waals surface area contributed by atoms with E-state index < -0.39 is 21.7 Å². The van der Waals surface area contributed by atoms with Crippen LogP contribution in [0.3, 0.4) is 0 Å². The molecule has 0 amide bonds. The smallest absolute Gasteiger partial charge is 0.148 e. The van der Waals surface area contributed by atoms with Gasteiger partial charge in [-0.05, 0) is 25.2 Å². The van der Waals surface area contributed by atoms with Gasteiger partial charge < -0.3 is 5.73 Å². The standard InChI is InChI=1S/C12H18ClFN2O2S/c1-16(5-6-19(2,17)18)12(8-15)10-7-9(13)3-4-11(10)14/h3-4,7,12H,5-6,8,15H2,1-2H3. The Hall–Kier alpha value is -0.690. The molecule has 108 valence electrons. The number of rotatable bonds is 6. The lowest BCUT2D eigenvalue weighted by Gasteiger charge is -2.27. The van der Waals surface area contributed by atoms with E-state index in [1.807, 2.05) is 0 Å². The van der Waals surface area contributed by atoms with Gasteiger partial charge in [-0.3, -0.25) is 4.90 Å². The molecule has 7 heteroatoms. The van der Waals surface area contributed by atoms with Gasteiger partial charge in [0.1, 0.15) is 15.7 Å². The zero-order chi connectivity index (χ0) is 14.6. The molecule has 19 heavy (non-hydrogen) atoms. The summed E-state index contributed by atoms with van der Waals surface area (Å²) in [6.07, 6.45) is 1.16. The van der Waals surface area contributed by atoms with Crippen LogP contribution >= 0.6 is 11.6 Å². The van der Waals surface area contributed by atoms with E-state index in [-0.39, 0.29) is 18.8 Å². The van der Waals surface area contributed by atoms with E-state index in [1.54, 1.807) is 11.9 Å². The summed E-state index contributed by atoms with van der Waals surface area (Å²) in [5.74, 6) is -0.395. The monoisotopic (exact) mass is 308 g/mol. The predicted octanol–water partition coefficient (Wildman–Crippen LogP) is 1.46. The topological polar surface area (TPSA) is 63.4 Å². The number of nitrogens with two attached hydrogens (primary N) is 1. The molecule has 4 nitrogen and oxygen atoms in total. The summed E-state index contributed by atoms with van der Waals surface area (Å²) in [5, 5.41) is 0.423. The highest BCUT2D eigenvalue weighted by molar-refractivity contribution is 7.90. The molecule has 2 N–H and O–H groups in total. The fraction of sp³-hybridized carbons (Fsp3) is 0.500. The van der Waals surface area contributed by atoms with Crippen LogP contribution in [0.1, 0.15) is 11.6 Å². The molecule has 1 unspecified atom stereocenters. The third-order valence-electron chi connectivity index (χ3n) is 2.89. The minimum Gasteiger partial charge on any atom is -0.329 e. The summed E-state index contributed by atoms with van der Waals surface area (Å²) in [6.45, 7) is 0.462. The molecule has 0 aromatic heterocycles. The average Bonchev–Trinajstić information content (AvgIpc) is 2.31. The third kappa shape index (κ3) is 5.06. The molecule has 1 rings (SSSR count). The molecule has 0 saturated heterocycles. The molecule has 0 heterocycles. The number of sulfone groups is 1. The molecule has 0 bridgehead atoms. The van der Waals surface area contributed by atoms with E-state index in [0.29, 0.717) is 10.6 Å². The first-order valence-electron chi connectivity index (χ1n) is 5.77. The van der Waals surface area contributed by atoms with Crippen LogP contribution in [-0.2, 0) is 9.84 Å². The number of halogens is 2. The maximum atomic E-state index is 13.8. The molecular formula is C12H18ClFN2O2S. The van der Waals surface area contributed by atoms with Crippen molar-refractivity contribution in [2.24, 2.45) is 5.73 Å². The minimum absolute atomic E-state index is 0.00217. The van der Waals surface area contributed by atoms with Crippen LogP contribution in [0.25, 0.3) is 0 Å². The van der Waals surface area contributed by atoms with Crippen molar-refractivity contribution in [3.05, 3.63) is 34.6 Å². The summed E-state index contributed by atoms with van der Waals surface area (Å²) in [7, 11) is -1.35. The Kier molecular flexibility index (Phi) is 5.73. The molecule has 0 aliphatic rings. The highest BCUT2D eigenvalue weighted by Crippen LogP contribution is 2.24. The van der Waals surface area contributed by atoms with E-state index in [2.05, 4.69) is 0 Å². The van der Waals surface area contributed by atoms with Crippen molar-refractivity contribution in [3.8, 4) is 0 Å². The van der Waals surface area contributed by atoms with E-state index in [9.17, 15) is 12.8 Å². The number of benzene rings is 1. The van der Waals surface area contributed by atoms with Crippen molar-refractivity contribution in [2.45, 2.75) is 6.04 Å². The first kappa shape index (κ1) is 16.4. The largest absolute Gasteiger partial charge is 0.329 e. The predicted molar refractivity (Wildman–Crippen MR) is 75.5 cm³/mol. The molecule has 1 aromatic rings. The number of likely N-dealkylation sites (N-methyl/N-ethyl adjacent to an activating group) is 1. The van der Waals surface area contributed by atoms with E-state index >= 15 is 0 Å². The Morgan fingerprint density at radius 3 is 2.63 bits per heavy atom. The van der Waals surface area contributed by atoms with Gasteiger partial charge in [-0.1, -0.05) is 11.6 Å². The first-order valence-corrected chi connectivity index (χ1v) is 8.21. The Morgan fingerprint density at radius 2 is 2.11 bits per heavy atom. The first-order chi connectivity index (χ1) is 8.74. The van der Waals surface area contributed by atoms with Crippen molar-refractivity contribution in [1.82, 2.24) is 4.90 Å². The molecule has 0 saturated carbocycles. The van der Waals surface area contributed by atoms with Crippen LogP contribution in [0.4, 0.5) is 4.39 Å². The van der Waals surface area contributed by atoms with Crippen molar-refractivity contribution < 1.29 is 12.8 Å². The second-order valence-corrected chi connectivity index (χ2v) is 7.22. The lowest BCUT2D eigenvalue weighted by Crippen LogP contribution is -2.34. The second-order valence-electron chi connectivity index (χ2n) is 4.53. The highest BCUT2D eigenvalue weighted by Gasteiger charge is 2.20. The van der Waals surface area contributed by atoms with Crippen LogP contribution in [0.5, 0.6) is 0 Å². The summed E-state index contributed by atoms with van der Waals surface area (Å²) in [4.78, 5) is 1.72. The number of hydrogen-bond acceptors (Lipinski definition) is 4. The van der Waals surface area contributed by atoms with Gasteiger partial charge in [0.15, 0.2) is 0 Å². The zero-order valence-electron chi connectivity index (χ0n) is 10.9. The Morgan fingerprint density at radius 1 is 1.47 bits per heavy atom. The minimum atomic E-state index is -3.06. The maximum absolute atomic E-state index is 13.8. The molecule has 1 aromatic carbocycles. The van der Waals surface area contributed by atoms with Crippen molar-refractivity contribution in [2.75, 3.05) is 32.1 Å². The quantitative estimate of drug-likeness (QED) is 0.864. The van der Waals surface area contributed by atoms with Gasteiger partial charge in [-0.25, -0.2) is 12.8 Å². The molecule has 0 fully saturated rings. The van der Waals surface area contributed by atoms with Gasteiger partial charge in [0.05, 0.1) is 5.75 Å². The highest BCUT2D eigenvalue weighted by atomic mass is 35.5. The van der Waals surface area contributed by atoms with Crippen LogP contribution in [0.2, 0.25) is 5.02 Å². The molecule has 0 radical (unpaired) electrons. The van der Waals surface area contributed by atoms with Gasteiger partial charge in [-0.2, -0.15) is 0 Å². The van der Waals surface area contributed by atoms with E-state index in [0.717, 1.165) is 6.26 Å². The van der Waals surface area contributed by atoms with Gasteiger partial charge in [0.2, 0.25) is 0 Å². The van der Waals surface area contributed by atoms with Crippen LogP contribution in [-0.4, -0.2) is 45.5 Å². The van der Waals surface area contributed by atoms with Gasteiger partial charge >= 0.3 is 0 Å². The van der Waals surface area contributed by atoms with Crippen molar-refractivity contribution in [1.29, 1.82) is 0 Å². The Bertz CT molecular complexity index is 537. The Balaban J connectivity index is 2.90. The van der Waals surface area contributed by atoms with Gasteiger partial charge in [0.25, 0.3) is 0 Å². The van der Waals surface area contributed by atoms with Crippen LogP contribution in [0, 0.1) is 5.82 Å². The molecule has 0 aliphatic carbocycles. The number of nitrogens with zero attached hydrogens (tertiary/aromatic N) is 1. The molecular weight excluding hydrogens is 291 g/mol. The lowest BCUT2D eigenvalue weighted by molar-refractivity contribution is 0.258. The zero-order valence-corrected chi connectivity index (χ0v) is 12.5. The third-order valence-corrected chi connectivity index (χ3v) is 4.05. The van der Waals surface area contributed by atoms with E-state index in [1.165, 1.54) is 18.2 Å². The van der Waals surface area contributed by atoms with Crippen LogP contribution < -0.4 is 5.73 Å². The SMILES string of the molecule is CN(CCS(C)(=O)=O)C(CN)c1cc(Cl)ccc1F. The Labute approximate surface area is 118 Å². The fourth-order valence-electron chi connectivity index (χ4n) is 1.78. The van der Waals surface area contributed by atoms with Gasteiger partial charge in [-0.15, -0.1) is 0 Å². The average molecular weight is 309 g/mol. The second kappa shape index (κ2) is 6.65. The lowest BCUT2D eigenvalue weighted by atomic mass is 10.1. The van der Waals surface area contributed by atoms with Crippen molar-refractivity contribution in [3.63, 3.8) is 0 Å². The molecule has 1 atom stereocenters. The summed E-state index contributed by atoms with van der Waals surface area (Å²) >= 11 is 5.85.